The molecule has 1 amide bonds. The highest BCUT2D eigenvalue weighted by atomic mass is 79.9. The fraction of sp³-hybridized carbons (Fsp3) is 0.353. The number of carboxylic acid groups (broad SMARTS) is 1. The maximum atomic E-state index is 12.7. The Morgan fingerprint density at radius 2 is 2.00 bits per heavy atom. The summed E-state index contributed by atoms with van der Waals surface area (Å²) in [5.41, 5.74) is 0.938. The molecule has 0 aliphatic carbocycles. The molecule has 0 saturated carbocycles. The van der Waals surface area contributed by atoms with Crippen LogP contribution < -0.4 is 0 Å². The second kappa shape index (κ2) is 6.76. The number of aliphatic carboxylic acids is 1. The van der Waals surface area contributed by atoms with Crippen molar-refractivity contribution in [2.45, 2.75) is 18.9 Å². The Labute approximate surface area is 148 Å². The van der Waals surface area contributed by atoms with E-state index in [0.29, 0.717) is 6.54 Å². The molecule has 1 unspecified atom stereocenters. The van der Waals surface area contributed by atoms with E-state index in [-0.39, 0.29) is 18.4 Å². The van der Waals surface area contributed by atoms with Crippen LogP contribution in [-0.2, 0) is 9.59 Å². The highest BCUT2D eigenvalue weighted by Crippen LogP contribution is 2.34. The number of carbonyl (C=O) groups is 2. The number of amides is 1. The van der Waals surface area contributed by atoms with Crippen molar-refractivity contribution in [2.75, 3.05) is 13.1 Å². The minimum absolute atomic E-state index is 0.107. The number of hydrogen-bond acceptors (Lipinski definition) is 3. The molecule has 3 rings (SSSR count). The van der Waals surface area contributed by atoms with Crippen LogP contribution in [0.15, 0.2) is 47.2 Å². The van der Waals surface area contributed by atoms with Gasteiger partial charge >= 0.3 is 5.97 Å². The van der Waals surface area contributed by atoms with Crippen molar-refractivity contribution < 1.29 is 14.7 Å². The quantitative estimate of drug-likeness (QED) is 0.868. The van der Waals surface area contributed by atoms with E-state index in [1.165, 1.54) is 0 Å². The first-order valence-corrected chi connectivity index (χ1v) is 8.53. The molecule has 1 aromatic heterocycles. The largest absolute Gasteiger partial charge is 0.481 e. The van der Waals surface area contributed by atoms with Gasteiger partial charge in [0.15, 0.2) is 0 Å². The van der Waals surface area contributed by atoms with Gasteiger partial charge in [-0.1, -0.05) is 28.1 Å². The topological polar surface area (TPSA) is 75.4 Å². The van der Waals surface area contributed by atoms with Gasteiger partial charge in [0.2, 0.25) is 5.91 Å². The van der Waals surface area contributed by atoms with Gasteiger partial charge in [0.05, 0.1) is 5.92 Å². The molecule has 7 heteroatoms. The number of aromatic nitrogens is 2. The van der Waals surface area contributed by atoms with Gasteiger partial charge in [-0.25, -0.2) is 0 Å². The summed E-state index contributed by atoms with van der Waals surface area (Å²) in [7, 11) is 0. The number of benzene rings is 1. The highest BCUT2D eigenvalue weighted by Gasteiger charge is 2.41. The van der Waals surface area contributed by atoms with Crippen molar-refractivity contribution in [2.24, 2.45) is 5.92 Å². The minimum atomic E-state index is -0.870. The molecule has 1 fully saturated rings. The molecular formula is C17H18BrN3O3. The SMILES string of the molecule is CC(C(=O)N1C[C@H](C(=O)O)[C@@H](c2ccc(Br)cc2)C1)n1cccn1. The van der Waals surface area contributed by atoms with Crippen LogP contribution in [0.2, 0.25) is 0 Å². The van der Waals surface area contributed by atoms with E-state index in [2.05, 4.69) is 21.0 Å². The Hall–Kier alpha value is -2.15. The van der Waals surface area contributed by atoms with Gasteiger partial charge in [-0.3, -0.25) is 14.3 Å². The second-order valence-corrected chi connectivity index (χ2v) is 6.92. The van der Waals surface area contributed by atoms with E-state index in [1.807, 2.05) is 24.3 Å². The fourth-order valence-electron chi connectivity index (χ4n) is 3.17. The molecule has 2 aromatic rings. The zero-order chi connectivity index (χ0) is 17.3. The molecule has 1 aliphatic rings. The number of likely N-dealkylation sites (tertiary alicyclic amines) is 1. The zero-order valence-electron chi connectivity index (χ0n) is 13.2. The summed E-state index contributed by atoms with van der Waals surface area (Å²) in [5, 5.41) is 13.7. The lowest BCUT2D eigenvalue weighted by Crippen LogP contribution is -2.35. The van der Waals surface area contributed by atoms with E-state index in [0.717, 1.165) is 10.0 Å². The summed E-state index contributed by atoms with van der Waals surface area (Å²) < 4.78 is 2.53. The molecular weight excluding hydrogens is 374 g/mol. The Balaban J connectivity index is 1.81. The van der Waals surface area contributed by atoms with E-state index in [1.54, 1.807) is 35.0 Å². The third kappa shape index (κ3) is 3.21. The van der Waals surface area contributed by atoms with Crippen LogP contribution in [0.25, 0.3) is 0 Å². The number of halogens is 1. The van der Waals surface area contributed by atoms with Crippen molar-refractivity contribution in [3.05, 3.63) is 52.8 Å². The monoisotopic (exact) mass is 391 g/mol. The fourth-order valence-corrected chi connectivity index (χ4v) is 3.43. The van der Waals surface area contributed by atoms with Gasteiger partial charge in [-0.05, 0) is 30.7 Å². The number of carbonyl (C=O) groups excluding carboxylic acids is 1. The number of nitrogens with zero attached hydrogens (tertiary/aromatic N) is 3. The summed E-state index contributed by atoms with van der Waals surface area (Å²) in [6.07, 6.45) is 3.36. The molecule has 0 bridgehead atoms. The zero-order valence-corrected chi connectivity index (χ0v) is 14.8. The second-order valence-electron chi connectivity index (χ2n) is 6.01. The summed E-state index contributed by atoms with van der Waals surface area (Å²) in [5.74, 6) is -1.78. The van der Waals surface area contributed by atoms with Crippen LogP contribution in [0.1, 0.15) is 24.4 Å². The van der Waals surface area contributed by atoms with E-state index in [4.69, 9.17) is 0 Å². The molecule has 0 radical (unpaired) electrons. The molecule has 0 spiro atoms. The molecule has 1 saturated heterocycles. The van der Waals surface area contributed by atoms with Gasteiger partial charge in [0.25, 0.3) is 0 Å². The standard InChI is InChI=1S/C17H18BrN3O3/c1-11(21-8-2-7-19-21)16(22)20-9-14(15(10-20)17(23)24)12-3-5-13(18)6-4-12/h2-8,11,14-15H,9-10H2,1H3,(H,23,24)/t11?,14-,15+/m1/s1. The van der Waals surface area contributed by atoms with Gasteiger partial charge in [-0.15, -0.1) is 0 Å². The third-order valence-electron chi connectivity index (χ3n) is 4.53. The first kappa shape index (κ1) is 16.7. The normalized spacial score (nSPS) is 21.7. The molecule has 2 heterocycles. The minimum Gasteiger partial charge on any atom is -0.481 e. The van der Waals surface area contributed by atoms with Crippen molar-refractivity contribution in [3.8, 4) is 0 Å². The predicted molar refractivity (Wildman–Crippen MR) is 91.5 cm³/mol. The molecule has 1 N–H and O–H groups in total. The number of carboxylic acids is 1. The van der Waals surface area contributed by atoms with Gasteiger partial charge in [-0.2, -0.15) is 5.10 Å². The summed E-state index contributed by atoms with van der Waals surface area (Å²) >= 11 is 3.38. The first-order valence-electron chi connectivity index (χ1n) is 7.73. The molecule has 24 heavy (non-hydrogen) atoms. The predicted octanol–water partition coefficient (Wildman–Crippen LogP) is 2.53. The lowest BCUT2D eigenvalue weighted by molar-refractivity contribution is -0.142. The average molecular weight is 392 g/mol. The summed E-state index contributed by atoms with van der Waals surface area (Å²) in [6.45, 7) is 2.40. The van der Waals surface area contributed by atoms with E-state index in [9.17, 15) is 14.7 Å². The maximum Gasteiger partial charge on any atom is 0.308 e. The van der Waals surface area contributed by atoms with Crippen LogP contribution in [0.5, 0.6) is 0 Å². The average Bonchev–Trinajstić information content (AvgIpc) is 3.24. The van der Waals surface area contributed by atoms with Gasteiger partial charge < -0.3 is 10.0 Å². The van der Waals surface area contributed by atoms with Crippen LogP contribution >= 0.6 is 15.9 Å². The Morgan fingerprint density at radius 3 is 2.58 bits per heavy atom. The number of rotatable bonds is 4. The van der Waals surface area contributed by atoms with Crippen LogP contribution in [-0.4, -0.2) is 44.8 Å². The third-order valence-corrected chi connectivity index (χ3v) is 5.05. The first-order chi connectivity index (χ1) is 11.5. The Bertz CT molecular complexity index is 730. The van der Waals surface area contributed by atoms with Crippen molar-refractivity contribution in [3.63, 3.8) is 0 Å². The van der Waals surface area contributed by atoms with E-state index >= 15 is 0 Å². The lowest BCUT2D eigenvalue weighted by atomic mass is 9.89. The molecule has 126 valence electrons. The number of hydrogen-bond donors (Lipinski definition) is 1. The van der Waals surface area contributed by atoms with Crippen LogP contribution in [0, 0.1) is 5.92 Å². The highest BCUT2D eigenvalue weighted by molar-refractivity contribution is 9.10. The smallest absolute Gasteiger partial charge is 0.308 e. The summed E-state index contributed by atoms with van der Waals surface area (Å²) in [4.78, 5) is 26.0. The molecule has 1 aromatic carbocycles. The molecule has 1 aliphatic heterocycles. The Morgan fingerprint density at radius 1 is 1.29 bits per heavy atom. The van der Waals surface area contributed by atoms with Gasteiger partial charge in [0.1, 0.15) is 6.04 Å². The molecule has 3 atom stereocenters. The van der Waals surface area contributed by atoms with Crippen LogP contribution in [0.4, 0.5) is 0 Å². The van der Waals surface area contributed by atoms with Crippen molar-refractivity contribution in [1.82, 2.24) is 14.7 Å². The van der Waals surface area contributed by atoms with E-state index < -0.39 is 17.9 Å². The van der Waals surface area contributed by atoms with Crippen LogP contribution in [0.3, 0.4) is 0 Å². The Kier molecular flexibility index (Phi) is 4.71. The lowest BCUT2D eigenvalue weighted by Gasteiger charge is -2.21. The summed E-state index contributed by atoms with van der Waals surface area (Å²) in [6, 6.07) is 8.93. The van der Waals surface area contributed by atoms with Gasteiger partial charge in [0, 0.05) is 35.9 Å². The maximum absolute atomic E-state index is 12.7. The molecule has 6 nitrogen and oxygen atoms in total. The van der Waals surface area contributed by atoms with Crippen molar-refractivity contribution in [1.29, 1.82) is 0 Å². The van der Waals surface area contributed by atoms with Crippen molar-refractivity contribution >= 4 is 27.8 Å².